The summed E-state index contributed by atoms with van der Waals surface area (Å²) in [6.45, 7) is 5.97. The minimum absolute atomic E-state index is 0.0124. The van der Waals surface area contributed by atoms with E-state index in [0.29, 0.717) is 16.7 Å². The molecule has 0 fully saturated rings. The lowest BCUT2D eigenvalue weighted by atomic mass is 9.75. The summed E-state index contributed by atoms with van der Waals surface area (Å²) in [4.78, 5) is 55.2. The van der Waals surface area contributed by atoms with Crippen molar-refractivity contribution < 1.29 is 32.3 Å². The van der Waals surface area contributed by atoms with Crippen LogP contribution in [-0.4, -0.2) is 23.1 Å². The molecular weight excluding hydrogens is 642 g/mol. The molecule has 0 amide bonds. The van der Waals surface area contributed by atoms with Gasteiger partial charge in [-0.05, 0) is 96.7 Å². The Balaban J connectivity index is 1.16. The second-order valence-corrected chi connectivity index (χ2v) is 14.6. The van der Waals surface area contributed by atoms with Gasteiger partial charge in [-0.3, -0.25) is 19.2 Å². The van der Waals surface area contributed by atoms with Crippen molar-refractivity contribution in [2.45, 2.75) is 38.8 Å². The predicted molar refractivity (Wildman–Crippen MR) is 178 cm³/mol. The van der Waals surface area contributed by atoms with Crippen molar-refractivity contribution in [2.24, 2.45) is 0 Å². The molecule has 0 spiro atoms. The number of allylic oxidation sites excluding steroid dienone is 6. The van der Waals surface area contributed by atoms with Crippen LogP contribution in [0.4, 0.5) is 13.2 Å². The lowest BCUT2D eigenvalue weighted by Crippen LogP contribution is -2.15. The van der Waals surface area contributed by atoms with Gasteiger partial charge in [0.15, 0.2) is 0 Å². The number of aryl methyl sites for hydroxylation is 1. The molecule has 0 aliphatic heterocycles. The zero-order valence-electron chi connectivity index (χ0n) is 25.2. The first-order chi connectivity index (χ1) is 22.3. The molecule has 232 valence electrons. The van der Waals surface area contributed by atoms with Crippen molar-refractivity contribution >= 4 is 80.3 Å². The van der Waals surface area contributed by atoms with Crippen LogP contribution in [0, 0.1) is 6.92 Å². The Kier molecular flexibility index (Phi) is 6.39. The van der Waals surface area contributed by atoms with Crippen LogP contribution in [-0.2, 0) is 15.8 Å². The highest BCUT2D eigenvalue weighted by molar-refractivity contribution is 7.14. The second-order valence-electron chi connectivity index (χ2n) is 12.3. The summed E-state index contributed by atoms with van der Waals surface area (Å²) in [7, 11) is 0. The Morgan fingerprint density at radius 2 is 1.04 bits per heavy atom. The number of Topliss-reactive ketones (excluding diaryl/α,β-unsaturated/α-hetero) is 4. The van der Waals surface area contributed by atoms with Crippen molar-refractivity contribution in [2.75, 3.05) is 0 Å². The lowest BCUT2D eigenvalue weighted by Gasteiger charge is -2.31. The number of carbonyl (C=O) groups is 4. The van der Waals surface area contributed by atoms with Crippen molar-refractivity contribution in [3.05, 3.63) is 125 Å². The Morgan fingerprint density at radius 1 is 0.574 bits per heavy atom. The minimum Gasteiger partial charge on any atom is -0.285 e. The van der Waals surface area contributed by atoms with Crippen LogP contribution in [0.1, 0.15) is 99.3 Å². The van der Waals surface area contributed by atoms with Gasteiger partial charge in [0.2, 0.25) is 23.1 Å². The SMILES string of the molecule is CC1=CC2c3sc(/C=C4\C(=O)C(=O)c5cc(C(F)(F)F)ccc54)cc3C(C)=CC2c2sc(/C=C3\C(=O)C(=O)c4cc(C)ccc43)cc21. The van der Waals surface area contributed by atoms with Crippen LogP contribution in [0.15, 0.2) is 60.7 Å². The third-order valence-corrected chi connectivity index (χ3v) is 11.7. The Labute approximate surface area is 275 Å². The Hall–Kier alpha value is -4.73. The first-order valence-corrected chi connectivity index (χ1v) is 16.5. The summed E-state index contributed by atoms with van der Waals surface area (Å²) in [5, 5.41) is 0. The average molecular weight is 665 g/mol. The van der Waals surface area contributed by atoms with Crippen molar-refractivity contribution in [1.82, 2.24) is 0 Å². The number of fused-ring (bicyclic) bond motifs is 7. The maximum absolute atomic E-state index is 13.3. The summed E-state index contributed by atoms with van der Waals surface area (Å²) in [5.74, 6) is -2.67. The number of rotatable bonds is 2. The number of hydrogen-bond acceptors (Lipinski definition) is 6. The molecule has 2 atom stereocenters. The Bertz CT molecular complexity index is 2300. The Morgan fingerprint density at radius 3 is 1.53 bits per heavy atom. The quantitative estimate of drug-likeness (QED) is 0.158. The molecule has 0 saturated carbocycles. The topological polar surface area (TPSA) is 68.3 Å². The van der Waals surface area contributed by atoms with Crippen LogP contribution >= 0.6 is 22.7 Å². The van der Waals surface area contributed by atoms with Gasteiger partial charge in [0.1, 0.15) is 0 Å². The second kappa shape index (κ2) is 10.1. The molecule has 0 N–H and O–H groups in total. The molecule has 9 heteroatoms. The van der Waals surface area contributed by atoms with Crippen LogP contribution in [0.5, 0.6) is 0 Å². The van der Waals surface area contributed by atoms with Gasteiger partial charge in [-0.15, -0.1) is 22.7 Å². The maximum atomic E-state index is 13.3. The minimum atomic E-state index is -4.62. The molecule has 8 rings (SSSR count). The fourth-order valence-corrected chi connectivity index (χ4v) is 9.61. The molecule has 47 heavy (non-hydrogen) atoms. The molecule has 2 unspecified atom stereocenters. The number of benzene rings is 2. The largest absolute Gasteiger partial charge is 0.416 e. The van der Waals surface area contributed by atoms with Gasteiger partial charge in [-0.2, -0.15) is 13.2 Å². The van der Waals surface area contributed by atoms with Gasteiger partial charge in [-0.1, -0.05) is 35.9 Å². The molecule has 2 aromatic heterocycles. The number of alkyl halides is 3. The number of thiophene rings is 2. The number of hydrogen-bond donors (Lipinski definition) is 0. The smallest absolute Gasteiger partial charge is 0.285 e. The molecular formula is C38H23F3O4S2. The zero-order valence-corrected chi connectivity index (χ0v) is 26.8. The summed E-state index contributed by atoms with van der Waals surface area (Å²) in [6.07, 6.45) is 3.27. The third-order valence-electron chi connectivity index (χ3n) is 9.33. The third kappa shape index (κ3) is 4.47. The van der Waals surface area contributed by atoms with Crippen LogP contribution in [0.2, 0.25) is 0 Å². The van der Waals surface area contributed by atoms with Gasteiger partial charge < -0.3 is 0 Å². The molecule has 4 aliphatic rings. The van der Waals surface area contributed by atoms with E-state index in [1.54, 1.807) is 23.5 Å². The maximum Gasteiger partial charge on any atom is 0.416 e. The number of ketones is 4. The fraction of sp³-hybridized carbons (Fsp3) is 0.158. The van der Waals surface area contributed by atoms with Gasteiger partial charge in [0.05, 0.1) is 5.56 Å². The highest BCUT2D eigenvalue weighted by Crippen LogP contribution is 2.55. The first kappa shape index (κ1) is 29.7. The molecule has 4 aromatic rings. The predicted octanol–water partition coefficient (Wildman–Crippen LogP) is 9.45. The van der Waals surface area contributed by atoms with Crippen molar-refractivity contribution in [1.29, 1.82) is 0 Å². The number of halogens is 3. The fourth-order valence-electron chi connectivity index (χ4n) is 7.04. The lowest BCUT2D eigenvalue weighted by molar-refractivity contribution is -0.137. The molecule has 2 heterocycles. The first-order valence-electron chi connectivity index (χ1n) is 14.9. The average Bonchev–Trinajstić information content (AvgIpc) is 3.76. The monoisotopic (exact) mass is 664 g/mol. The van der Waals surface area contributed by atoms with Crippen LogP contribution in [0.25, 0.3) is 34.4 Å². The molecule has 2 aromatic carbocycles. The molecule has 0 radical (unpaired) electrons. The molecule has 0 saturated heterocycles. The van der Waals surface area contributed by atoms with Crippen LogP contribution in [0.3, 0.4) is 0 Å². The normalized spacial score (nSPS) is 21.5. The van der Waals surface area contributed by atoms with Gasteiger partial charge in [0, 0.05) is 53.6 Å². The van der Waals surface area contributed by atoms with Crippen LogP contribution < -0.4 is 0 Å². The molecule has 4 nitrogen and oxygen atoms in total. The van der Waals surface area contributed by atoms with Gasteiger partial charge in [-0.25, -0.2) is 0 Å². The number of carbonyl (C=O) groups excluding carboxylic acids is 4. The summed E-state index contributed by atoms with van der Waals surface area (Å²) < 4.78 is 39.9. The van der Waals surface area contributed by atoms with E-state index in [2.05, 4.69) is 25.1 Å². The van der Waals surface area contributed by atoms with E-state index < -0.39 is 34.9 Å². The van der Waals surface area contributed by atoms with Crippen molar-refractivity contribution in [3.8, 4) is 0 Å². The highest BCUT2D eigenvalue weighted by Gasteiger charge is 2.40. The highest BCUT2D eigenvalue weighted by atomic mass is 32.1. The van der Waals surface area contributed by atoms with E-state index in [9.17, 15) is 32.3 Å². The van der Waals surface area contributed by atoms with Gasteiger partial charge >= 0.3 is 6.18 Å². The van der Waals surface area contributed by atoms with E-state index in [1.165, 1.54) is 17.4 Å². The van der Waals surface area contributed by atoms with E-state index in [0.717, 1.165) is 59.5 Å². The van der Waals surface area contributed by atoms with E-state index in [1.807, 2.05) is 38.1 Å². The molecule has 4 aliphatic carbocycles. The standard InChI is InChI=1S/C38H23F3O4S2/c1-16-4-6-22-26(8-16)32(42)34(44)28(22)14-20-12-24-17(2)9-31-30(36(24)46-20)10-18(3)25-13-21(47-37(25)31)15-29-23-7-5-19(38(39,40)41)11-27(23)33(43)35(29)45/h4-15,30-31H,1-3H3/b28-14-,29-15-. The van der Waals surface area contributed by atoms with E-state index in [4.69, 9.17) is 0 Å². The summed E-state index contributed by atoms with van der Waals surface area (Å²) >= 11 is 3.11. The summed E-state index contributed by atoms with van der Waals surface area (Å²) in [5.41, 5.74) is 5.82. The van der Waals surface area contributed by atoms with E-state index >= 15 is 0 Å². The van der Waals surface area contributed by atoms with Crippen molar-refractivity contribution in [3.63, 3.8) is 0 Å². The van der Waals surface area contributed by atoms with Gasteiger partial charge in [0.25, 0.3) is 0 Å². The molecule has 0 bridgehead atoms. The summed E-state index contributed by atoms with van der Waals surface area (Å²) in [6, 6.07) is 12.4. The van der Waals surface area contributed by atoms with E-state index in [-0.39, 0.29) is 28.5 Å². The zero-order chi connectivity index (χ0) is 33.1.